The normalized spacial score (nSPS) is 26.2. The highest BCUT2D eigenvalue weighted by Crippen LogP contribution is 2.46. The molecule has 3 saturated carbocycles. The van der Waals surface area contributed by atoms with E-state index in [1.54, 1.807) is 38.1 Å². The number of rotatable bonds is 9. The van der Waals surface area contributed by atoms with Crippen molar-refractivity contribution in [3.8, 4) is 16.9 Å². The summed E-state index contributed by atoms with van der Waals surface area (Å²) in [5.41, 5.74) is -0.939. The Bertz CT molecular complexity index is 1620. The Hall–Kier alpha value is -3.05. The van der Waals surface area contributed by atoms with E-state index in [0.717, 1.165) is 51.2 Å². The summed E-state index contributed by atoms with van der Waals surface area (Å²) in [6.45, 7) is 3.32. The van der Waals surface area contributed by atoms with E-state index in [4.69, 9.17) is 4.74 Å². The molecule has 0 unspecified atom stereocenters. The van der Waals surface area contributed by atoms with Gasteiger partial charge in [0.05, 0.1) is 11.7 Å². The molecule has 1 spiro atoms. The van der Waals surface area contributed by atoms with Crippen molar-refractivity contribution in [3.05, 3.63) is 53.3 Å². The summed E-state index contributed by atoms with van der Waals surface area (Å²) in [7, 11) is -3.78. The van der Waals surface area contributed by atoms with E-state index < -0.39 is 32.9 Å². The third-order valence-electron chi connectivity index (χ3n) is 10.7. The number of amides is 2. The van der Waals surface area contributed by atoms with Crippen LogP contribution in [0, 0.1) is 5.82 Å². The molecule has 2 aromatic carbocycles. The Balaban J connectivity index is 1.24. The van der Waals surface area contributed by atoms with Gasteiger partial charge in [0.1, 0.15) is 17.7 Å². The zero-order valence-corrected chi connectivity index (χ0v) is 27.7. The zero-order valence-electron chi connectivity index (χ0n) is 26.9. The predicted molar refractivity (Wildman–Crippen MR) is 172 cm³/mol. The molecular formula is C35H45F2N3O5S. The summed E-state index contributed by atoms with van der Waals surface area (Å²) in [5.74, 6) is -0.946. The second-order valence-electron chi connectivity index (χ2n) is 14.6. The summed E-state index contributed by atoms with van der Waals surface area (Å²) >= 11 is 0. The average Bonchev–Trinajstić information content (AvgIpc) is 3.69. The molecule has 8 nitrogen and oxygen atoms in total. The molecule has 2 amide bonds. The van der Waals surface area contributed by atoms with Crippen LogP contribution in [-0.2, 0) is 25.0 Å². The standard InChI is InChI=1S/C35H45F2N3O5S/c1-33(2,31(41)40-46(3,43)44)23-12-15-29(27(18-23)26-10-7-11-28(36)30(26)22-8-6-9-22)45-25-14-13-24(19-25)39-32(42)35(37)20-34(38-21-35)16-4-5-17-34/h7,10-12,15,18,22,24-25,38H,4-6,8-9,13-14,16-17,19-21H2,1-3H3,(H,39,42)(H,40,41)/t24-,25-,35+/m1/s1. The fourth-order valence-electron chi connectivity index (χ4n) is 7.77. The topological polar surface area (TPSA) is 114 Å². The summed E-state index contributed by atoms with van der Waals surface area (Å²) < 4.78 is 63.5. The van der Waals surface area contributed by atoms with Crippen LogP contribution in [0.25, 0.3) is 11.1 Å². The number of carbonyl (C=O) groups excluding carboxylic acids is 2. The van der Waals surface area contributed by atoms with Crippen LogP contribution < -0.4 is 20.1 Å². The van der Waals surface area contributed by atoms with E-state index in [0.29, 0.717) is 47.3 Å². The Kier molecular flexibility index (Phi) is 8.72. The molecule has 3 atom stereocenters. The largest absolute Gasteiger partial charge is 0.490 e. The van der Waals surface area contributed by atoms with Crippen LogP contribution in [0.5, 0.6) is 5.75 Å². The lowest BCUT2D eigenvalue weighted by atomic mass is 9.76. The van der Waals surface area contributed by atoms with Crippen LogP contribution in [0.1, 0.15) is 102 Å². The molecule has 250 valence electrons. The lowest BCUT2D eigenvalue weighted by molar-refractivity contribution is -0.132. The highest BCUT2D eigenvalue weighted by atomic mass is 32.2. The Labute approximate surface area is 270 Å². The minimum atomic E-state index is -3.78. The molecule has 11 heteroatoms. The van der Waals surface area contributed by atoms with Gasteiger partial charge >= 0.3 is 0 Å². The van der Waals surface area contributed by atoms with Crippen molar-refractivity contribution in [2.75, 3.05) is 12.8 Å². The van der Waals surface area contributed by atoms with Crippen molar-refractivity contribution < 1.29 is 31.5 Å². The van der Waals surface area contributed by atoms with E-state index in [2.05, 4.69) is 15.4 Å². The second-order valence-corrected chi connectivity index (χ2v) is 16.3. The van der Waals surface area contributed by atoms with Crippen LogP contribution in [0.4, 0.5) is 8.78 Å². The predicted octanol–water partition coefficient (Wildman–Crippen LogP) is 5.54. The van der Waals surface area contributed by atoms with E-state index in [1.165, 1.54) is 6.07 Å². The van der Waals surface area contributed by atoms with E-state index in [9.17, 15) is 18.0 Å². The van der Waals surface area contributed by atoms with Gasteiger partial charge in [-0.3, -0.25) is 14.3 Å². The molecule has 4 fully saturated rings. The van der Waals surface area contributed by atoms with Crippen LogP contribution >= 0.6 is 0 Å². The van der Waals surface area contributed by atoms with Gasteiger partial charge in [0.25, 0.3) is 5.91 Å². The van der Waals surface area contributed by atoms with Crippen molar-refractivity contribution in [1.82, 2.24) is 15.4 Å². The average molecular weight is 658 g/mol. The van der Waals surface area contributed by atoms with Crippen LogP contribution in [-0.4, -0.2) is 56.4 Å². The lowest BCUT2D eigenvalue weighted by Gasteiger charge is -2.30. The molecule has 0 radical (unpaired) electrons. The number of carbonyl (C=O) groups is 2. The molecule has 2 aromatic rings. The van der Waals surface area contributed by atoms with Gasteiger partial charge in [0.15, 0.2) is 0 Å². The number of nitrogens with one attached hydrogen (secondary N) is 3. The first-order valence-electron chi connectivity index (χ1n) is 16.6. The van der Waals surface area contributed by atoms with Crippen LogP contribution in [0.15, 0.2) is 36.4 Å². The van der Waals surface area contributed by atoms with Gasteiger partial charge in [-0.2, -0.15) is 0 Å². The smallest absolute Gasteiger partial charge is 0.259 e. The summed E-state index contributed by atoms with van der Waals surface area (Å²) in [4.78, 5) is 26.2. The van der Waals surface area contributed by atoms with Crippen molar-refractivity contribution >= 4 is 21.8 Å². The summed E-state index contributed by atoms with van der Waals surface area (Å²) in [6.07, 6.45) is 9.36. The van der Waals surface area contributed by atoms with Gasteiger partial charge in [0.2, 0.25) is 21.6 Å². The number of halogens is 2. The molecule has 4 aliphatic rings. The Morgan fingerprint density at radius 3 is 2.43 bits per heavy atom. The molecule has 0 bridgehead atoms. The molecular weight excluding hydrogens is 612 g/mol. The highest BCUT2D eigenvalue weighted by molar-refractivity contribution is 7.89. The number of hydrogen-bond acceptors (Lipinski definition) is 6. The molecule has 1 saturated heterocycles. The molecule has 46 heavy (non-hydrogen) atoms. The first-order chi connectivity index (χ1) is 21.7. The van der Waals surface area contributed by atoms with Gasteiger partial charge in [-0.15, -0.1) is 0 Å². The maximum Gasteiger partial charge on any atom is 0.259 e. The fourth-order valence-corrected chi connectivity index (χ4v) is 8.36. The lowest BCUT2D eigenvalue weighted by Crippen LogP contribution is -2.48. The van der Waals surface area contributed by atoms with Gasteiger partial charge in [0, 0.05) is 36.5 Å². The maximum absolute atomic E-state index is 15.8. The van der Waals surface area contributed by atoms with Gasteiger partial charge in [-0.25, -0.2) is 17.2 Å². The highest BCUT2D eigenvalue weighted by Gasteiger charge is 2.54. The van der Waals surface area contributed by atoms with E-state index in [-0.39, 0.29) is 42.4 Å². The number of ether oxygens (including phenoxy) is 1. The molecule has 3 aliphatic carbocycles. The molecule has 6 rings (SSSR count). The third kappa shape index (κ3) is 6.54. The van der Waals surface area contributed by atoms with Crippen molar-refractivity contribution in [2.45, 2.75) is 119 Å². The van der Waals surface area contributed by atoms with Gasteiger partial charge in [-0.05, 0) is 93.2 Å². The Morgan fingerprint density at radius 1 is 1.02 bits per heavy atom. The first-order valence-corrected chi connectivity index (χ1v) is 18.4. The SMILES string of the molecule is CC(C)(C(=O)NS(C)(=O)=O)c1ccc(O[C@@H]2CC[C@@H](NC(=O)[C@@]3(F)CNC4(CCCC4)C3)C2)c(-c2cccc(F)c2C2CCC2)c1. The number of alkyl halides is 1. The quantitative estimate of drug-likeness (QED) is 0.326. The molecule has 1 aliphatic heterocycles. The zero-order chi connectivity index (χ0) is 32.9. The number of sulfonamides is 1. The van der Waals surface area contributed by atoms with Gasteiger partial charge < -0.3 is 15.4 Å². The van der Waals surface area contributed by atoms with Crippen molar-refractivity contribution in [1.29, 1.82) is 0 Å². The van der Waals surface area contributed by atoms with Gasteiger partial charge in [-0.1, -0.05) is 37.5 Å². The van der Waals surface area contributed by atoms with Crippen LogP contribution in [0.2, 0.25) is 0 Å². The maximum atomic E-state index is 15.8. The third-order valence-corrected chi connectivity index (χ3v) is 11.3. The Morgan fingerprint density at radius 2 is 1.76 bits per heavy atom. The molecule has 0 aromatic heterocycles. The monoisotopic (exact) mass is 657 g/mol. The minimum absolute atomic E-state index is 0.0384. The molecule has 3 N–H and O–H groups in total. The van der Waals surface area contributed by atoms with Crippen molar-refractivity contribution in [3.63, 3.8) is 0 Å². The number of hydrogen-bond donors (Lipinski definition) is 3. The second kappa shape index (κ2) is 12.2. The summed E-state index contributed by atoms with van der Waals surface area (Å²) in [6, 6.07) is 10.0. The first kappa shape index (κ1) is 32.9. The van der Waals surface area contributed by atoms with Crippen LogP contribution in [0.3, 0.4) is 0 Å². The summed E-state index contributed by atoms with van der Waals surface area (Å²) in [5, 5.41) is 6.27. The number of benzene rings is 2. The minimum Gasteiger partial charge on any atom is -0.490 e. The van der Waals surface area contributed by atoms with E-state index in [1.807, 2.05) is 6.07 Å². The van der Waals surface area contributed by atoms with E-state index >= 15 is 8.78 Å². The molecule has 1 heterocycles. The van der Waals surface area contributed by atoms with Crippen molar-refractivity contribution in [2.24, 2.45) is 0 Å². The fraction of sp³-hybridized carbons (Fsp3) is 0.600.